The Morgan fingerprint density at radius 2 is 2.08 bits per heavy atom. The summed E-state index contributed by atoms with van der Waals surface area (Å²) in [5.41, 5.74) is 6.02. The van der Waals surface area contributed by atoms with Crippen molar-refractivity contribution in [1.82, 2.24) is 0 Å². The maximum Gasteiger partial charge on any atom is 0.0646 e. The van der Waals surface area contributed by atoms with E-state index in [1.807, 2.05) is 0 Å². The first-order chi connectivity index (χ1) is 6.12. The Balaban J connectivity index is 2.04. The summed E-state index contributed by atoms with van der Waals surface area (Å²) in [7, 11) is 0. The average molecular weight is 187 g/mol. The molecule has 0 aliphatic heterocycles. The van der Waals surface area contributed by atoms with Crippen LogP contribution in [0.4, 0.5) is 0 Å². The van der Waals surface area contributed by atoms with Crippen molar-refractivity contribution in [1.29, 1.82) is 0 Å². The molecule has 0 aromatic carbocycles. The first kappa shape index (κ1) is 11.0. The largest absolute Gasteiger partial charge is 0.393 e. The van der Waals surface area contributed by atoms with Gasteiger partial charge in [-0.3, -0.25) is 0 Å². The number of aliphatic hydroxyl groups excluding tert-OH is 1. The van der Waals surface area contributed by atoms with Gasteiger partial charge in [-0.05, 0) is 26.2 Å². The van der Waals surface area contributed by atoms with Gasteiger partial charge in [0, 0.05) is 12.1 Å². The summed E-state index contributed by atoms with van der Waals surface area (Å²) >= 11 is 0. The maximum absolute atomic E-state index is 9.00. The Kier molecular flexibility index (Phi) is 4.16. The number of ether oxygens (including phenoxy) is 1. The molecule has 0 spiro atoms. The molecule has 1 saturated carbocycles. The zero-order valence-corrected chi connectivity index (χ0v) is 8.46. The molecule has 78 valence electrons. The van der Waals surface area contributed by atoms with E-state index < -0.39 is 0 Å². The minimum absolute atomic E-state index is 0.0707. The van der Waals surface area contributed by atoms with Crippen molar-refractivity contribution in [2.24, 2.45) is 5.73 Å². The van der Waals surface area contributed by atoms with Crippen LogP contribution in [-0.2, 0) is 4.74 Å². The highest BCUT2D eigenvalue weighted by Gasteiger charge is 2.29. The summed E-state index contributed by atoms with van der Waals surface area (Å²) in [5.74, 6) is 0. The fourth-order valence-electron chi connectivity index (χ4n) is 1.75. The summed E-state index contributed by atoms with van der Waals surface area (Å²) in [6.45, 7) is 3.05. The molecule has 0 saturated heterocycles. The van der Waals surface area contributed by atoms with Crippen LogP contribution in [0.15, 0.2) is 0 Å². The van der Waals surface area contributed by atoms with Gasteiger partial charge >= 0.3 is 0 Å². The van der Waals surface area contributed by atoms with Crippen molar-refractivity contribution >= 4 is 0 Å². The monoisotopic (exact) mass is 187 g/mol. The van der Waals surface area contributed by atoms with Gasteiger partial charge in [0.2, 0.25) is 0 Å². The molecule has 1 aliphatic rings. The lowest BCUT2D eigenvalue weighted by Crippen LogP contribution is -2.41. The third kappa shape index (κ3) is 4.07. The molecular weight excluding hydrogens is 166 g/mol. The fourth-order valence-corrected chi connectivity index (χ4v) is 1.75. The fraction of sp³-hybridized carbons (Fsp3) is 1.00. The van der Waals surface area contributed by atoms with Crippen molar-refractivity contribution < 1.29 is 9.84 Å². The third-order valence-electron chi connectivity index (χ3n) is 2.67. The highest BCUT2D eigenvalue weighted by atomic mass is 16.5. The highest BCUT2D eigenvalue weighted by Crippen LogP contribution is 2.27. The molecule has 3 heteroatoms. The lowest BCUT2D eigenvalue weighted by Gasteiger charge is -2.23. The summed E-state index contributed by atoms with van der Waals surface area (Å²) in [6, 6.07) is 0. The van der Waals surface area contributed by atoms with Crippen molar-refractivity contribution in [3.63, 3.8) is 0 Å². The van der Waals surface area contributed by atoms with Crippen LogP contribution >= 0.6 is 0 Å². The number of nitrogens with two attached hydrogens (primary N) is 1. The zero-order valence-electron chi connectivity index (χ0n) is 8.46. The molecule has 0 amide bonds. The Labute approximate surface area is 80.3 Å². The van der Waals surface area contributed by atoms with E-state index in [1.54, 1.807) is 6.92 Å². The van der Waals surface area contributed by atoms with Gasteiger partial charge in [-0.1, -0.05) is 12.8 Å². The Hall–Kier alpha value is -0.120. The maximum atomic E-state index is 9.00. The van der Waals surface area contributed by atoms with Crippen LogP contribution in [-0.4, -0.2) is 30.0 Å². The average Bonchev–Trinajstić information content (AvgIpc) is 2.47. The number of hydrogen-bond acceptors (Lipinski definition) is 3. The van der Waals surface area contributed by atoms with Gasteiger partial charge in [-0.2, -0.15) is 0 Å². The topological polar surface area (TPSA) is 55.5 Å². The van der Waals surface area contributed by atoms with Crippen molar-refractivity contribution in [3.8, 4) is 0 Å². The molecule has 1 atom stereocenters. The van der Waals surface area contributed by atoms with E-state index in [9.17, 15) is 0 Å². The minimum atomic E-state index is -0.266. The van der Waals surface area contributed by atoms with Gasteiger partial charge < -0.3 is 15.6 Å². The van der Waals surface area contributed by atoms with E-state index in [0.29, 0.717) is 19.6 Å². The van der Waals surface area contributed by atoms with Crippen LogP contribution in [0.1, 0.15) is 39.0 Å². The lowest BCUT2D eigenvalue weighted by atomic mass is 10.0. The van der Waals surface area contributed by atoms with E-state index in [1.165, 1.54) is 12.8 Å². The predicted octanol–water partition coefficient (Wildman–Crippen LogP) is 1.05. The van der Waals surface area contributed by atoms with Crippen LogP contribution in [0.2, 0.25) is 0 Å². The normalized spacial score (nSPS) is 23.3. The van der Waals surface area contributed by atoms with Gasteiger partial charge in [0.1, 0.15) is 0 Å². The van der Waals surface area contributed by atoms with E-state index in [2.05, 4.69) is 0 Å². The van der Waals surface area contributed by atoms with Crippen LogP contribution < -0.4 is 5.73 Å². The van der Waals surface area contributed by atoms with Crippen molar-refractivity contribution in [2.45, 2.75) is 50.7 Å². The van der Waals surface area contributed by atoms with Gasteiger partial charge in [0.15, 0.2) is 0 Å². The highest BCUT2D eigenvalue weighted by molar-refractivity contribution is 4.88. The molecule has 0 radical (unpaired) electrons. The van der Waals surface area contributed by atoms with Gasteiger partial charge in [-0.25, -0.2) is 0 Å². The third-order valence-corrected chi connectivity index (χ3v) is 2.67. The first-order valence-corrected chi connectivity index (χ1v) is 5.17. The Morgan fingerprint density at radius 1 is 1.46 bits per heavy atom. The molecule has 1 unspecified atom stereocenters. The standard InChI is InChI=1S/C10H21NO2/c1-9(12)4-7-13-8-10(11)5-2-3-6-10/h9,12H,2-8,11H2,1H3. The summed E-state index contributed by atoms with van der Waals surface area (Å²) in [5, 5.41) is 9.00. The predicted molar refractivity (Wildman–Crippen MR) is 52.5 cm³/mol. The second-order valence-electron chi connectivity index (χ2n) is 4.26. The molecular formula is C10H21NO2. The lowest BCUT2D eigenvalue weighted by molar-refractivity contribution is 0.0596. The summed E-state index contributed by atoms with van der Waals surface area (Å²) in [6.07, 6.45) is 5.07. The zero-order chi connectivity index (χ0) is 9.73. The quantitative estimate of drug-likeness (QED) is 0.632. The number of aliphatic hydroxyl groups is 1. The molecule has 3 N–H and O–H groups in total. The van der Waals surface area contributed by atoms with E-state index in [4.69, 9.17) is 15.6 Å². The van der Waals surface area contributed by atoms with E-state index in [-0.39, 0.29) is 11.6 Å². The molecule has 13 heavy (non-hydrogen) atoms. The molecule has 1 rings (SSSR count). The minimum Gasteiger partial charge on any atom is -0.393 e. The molecule has 0 bridgehead atoms. The number of rotatable bonds is 5. The molecule has 3 nitrogen and oxygen atoms in total. The van der Waals surface area contributed by atoms with Crippen molar-refractivity contribution in [3.05, 3.63) is 0 Å². The second kappa shape index (κ2) is 4.94. The van der Waals surface area contributed by atoms with E-state index in [0.717, 1.165) is 12.8 Å². The van der Waals surface area contributed by atoms with Gasteiger partial charge in [-0.15, -0.1) is 0 Å². The van der Waals surface area contributed by atoms with Crippen LogP contribution in [0.25, 0.3) is 0 Å². The van der Waals surface area contributed by atoms with E-state index >= 15 is 0 Å². The smallest absolute Gasteiger partial charge is 0.0646 e. The Morgan fingerprint density at radius 3 is 2.62 bits per heavy atom. The Bertz CT molecular complexity index is 142. The molecule has 0 aromatic rings. The summed E-state index contributed by atoms with van der Waals surface area (Å²) < 4.78 is 5.45. The van der Waals surface area contributed by atoms with Crippen LogP contribution in [0.5, 0.6) is 0 Å². The SMILES string of the molecule is CC(O)CCOCC1(N)CCCC1. The second-order valence-corrected chi connectivity index (χ2v) is 4.26. The molecule has 0 aromatic heterocycles. The van der Waals surface area contributed by atoms with Crippen LogP contribution in [0.3, 0.4) is 0 Å². The molecule has 1 aliphatic carbocycles. The number of hydrogen-bond donors (Lipinski definition) is 2. The summed E-state index contributed by atoms with van der Waals surface area (Å²) in [4.78, 5) is 0. The van der Waals surface area contributed by atoms with Gasteiger partial charge in [0.05, 0.1) is 12.7 Å². The molecule has 1 fully saturated rings. The van der Waals surface area contributed by atoms with Gasteiger partial charge in [0.25, 0.3) is 0 Å². The first-order valence-electron chi connectivity index (χ1n) is 5.17. The van der Waals surface area contributed by atoms with Crippen LogP contribution in [0, 0.1) is 0 Å². The van der Waals surface area contributed by atoms with Crippen molar-refractivity contribution in [2.75, 3.05) is 13.2 Å². The molecule has 0 heterocycles.